The lowest BCUT2D eigenvalue weighted by Crippen LogP contribution is -2.33. The molecule has 1 fully saturated rings. The third kappa shape index (κ3) is 4.99. The van der Waals surface area contributed by atoms with Crippen LogP contribution in [0.5, 0.6) is 0 Å². The lowest BCUT2D eigenvalue weighted by molar-refractivity contribution is 0.0941. The number of hydrogen-bond donors (Lipinski definition) is 2. The predicted molar refractivity (Wildman–Crippen MR) is 91.7 cm³/mol. The summed E-state index contributed by atoms with van der Waals surface area (Å²) >= 11 is 0. The fourth-order valence-electron chi connectivity index (χ4n) is 2.70. The molecule has 6 heteroatoms. The van der Waals surface area contributed by atoms with Crippen LogP contribution in [0.2, 0.25) is 0 Å². The molecule has 0 bridgehead atoms. The molecule has 1 saturated heterocycles. The molecular formula is C16H29ClN4O. The summed E-state index contributed by atoms with van der Waals surface area (Å²) in [6.07, 6.45) is 3.56. The molecule has 1 aliphatic heterocycles. The first-order valence-electron chi connectivity index (χ1n) is 7.91. The Bertz CT molecular complexity index is 487. The zero-order valence-corrected chi connectivity index (χ0v) is 14.9. The highest BCUT2D eigenvalue weighted by molar-refractivity contribution is 5.92. The van der Waals surface area contributed by atoms with Crippen LogP contribution in [0.15, 0.2) is 6.07 Å². The summed E-state index contributed by atoms with van der Waals surface area (Å²) in [6, 6.07) is 1.90. The molecule has 2 N–H and O–H groups in total. The molecule has 0 aliphatic carbocycles. The normalized spacial score (nSPS) is 18.6. The zero-order chi connectivity index (χ0) is 15.5. The molecule has 0 aromatic carbocycles. The van der Waals surface area contributed by atoms with Crippen LogP contribution in [0.1, 0.15) is 56.2 Å². The minimum absolute atomic E-state index is 0. The fourth-order valence-corrected chi connectivity index (χ4v) is 2.70. The molecule has 2 heterocycles. The second kappa shape index (κ2) is 7.97. The van der Waals surface area contributed by atoms with Gasteiger partial charge < -0.3 is 10.6 Å². The third-order valence-corrected chi connectivity index (χ3v) is 4.12. The molecule has 22 heavy (non-hydrogen) atoms. The summed E-state index contributed by atoms with van der Waals surface area (Å²) in [5, 5.41) is 10.9. The molecule has 0 saturated carbocycles. The maximum Gasteiger partial charge on any atom is 0.269 e. The van der Waals surface area contributed by atoms with E-state index >= 15 is 0 Å². The molecule has 1 aliphatic rings. The highest BCUT2D eigenvalue weighted by Crippen LogP contribution is 2.21. The van der Waals surface area contributed by atoms with E-state index < -0.39 is 0 Å². The van der Waals surface area contributed by atoms with Gasteiger partial charge in [-0.25, -0.2) is 0 Å². The standard InChI is InChI=1S/C16H28N4O.ClH/c1-16(2,3)14-10-13(20(4)19-14)15(21)18-9-7-12-6-5-8-17-11-12;/h10,12,17H,5-9,11H2,1-4H3,(H,18,21);1H. The number of amides is 1. The number of nitrogens with one attached hydrogen (secondary N) is 2. The molecule has 0 radical (unpaired) electrons. The maximum atomic E-state index is 12.3. The number of hydrogen-bond acceptors (Lipinski definition) is 3. The molecule has 1 aromatic heterocycles. The summed E-state index contributed by atoms with van der Waals surface area (Å²) < 4.78 is 1.68. The number of halogens is 1. The molecule has 126 valence electrons. The first-order valence-corrected chi connectivity index (χ1v) is 7.91. The molecule has 1 atom stereocenters. The van der Waals surface area contributed by atoms with Gasteiger partial charge in [-0.2, -0.15) is 5.10 Å². The average Bonchev–Trinajstić information content (AvgIpc) is 2.82. The van der Waals surface area contributed by atoms with E-state index in [4.69, 9.17) is 0 Å². The van der Waals surface area contributed by atoms with Gasteiger partial charge in [0.25, 0.3) is 5.91 Å². The van der Waals surface area contributed by atoms with Gasteiger partial charge in [0.2, 0.25) is 0 Å². The summed E-state index contributed by atoms with van der Waals surface area (Å²) in [7, 11) is 1.83. The summed E-state index contributed by atoms with van der Waals surface area (Å²) in [4.78, 5) is 12.3. The highest BCUT2D eigenvalue weighted by atomic mass is 35.5. The second-order valence-electron chi connectivity index (χ2n) is 7.05. The number of carbonyl (C=O) groups excluding carboxylic acids is 1. The van der Waals surface area contributed by atoms with Gasteiger partial charge in [0, 0.05) is 19.0 Å². The van der Waals surface area contributed by atoms with Gasteiger partial charge in [-0.05, 0) is 44.3 Å². The van der Waals surface area contributed by atoms with E-state index in [1.54, 1.807) is 4.68 Å². The first kappa shape index (κ1) is 19.0. The van der Waals surface area contributed by atoms with Crippen LogP contribution in [0.25, 0.3) is 0 Å². The van der Waals surface area contributed by atoms with Gasteiger partial charge in [0.05, 0.1) is 5.69 Å². The minimum Gasteiger partial charge on any atom is -0.351 e. The van der Waals surface area contributed by atoms with Gasteiger partial charge in [0.15, 0.2) is 0 Å². The Balaban J connectivity index is 0.00000242. The van der Waals surface area contributed by atoms with Gasteiger partial charge in [0.1, 0.15) is 5.69 Å². The van der Waals surface area contributed by atoms with Crippen molar-refractivity contribution < 1.29 is 4.79 Å². The highest BCUT2D eigenvalue weighted by Gasteiger charge is 2.21. The Labute approximate surface area is 139 Å². The number of rotatable bonds is 4. The van der Waals surface area contributed by atoms with Crippen molar-refractivity contribution in [3.8, 4) is 0 Å². The number of piperidine rings is 1. The van der Waals surface area contributed by atoms with Gasteiger partial charge in [-0.1, -0.05) is 20.8 Å². The Hall–Kier alpha value is -1.07. The second-order valence-corrected chi connectivity index (χ2v) is 7.05. The number of aryl methyl sites for hydroxylation is 1. The summed E-state index contributed by atoms with van der Waals surface area (Å²) in [5.74, 6) is 0.667. The van der Waals surface area contributed by atoms with E-state index in [-0.39, 0.29) is 23.7 Å². The molecule has 1 amide bonds. The topological polar surface area (TPSA) is 59.0 Å². The Morgan fingerprint density at radius 3 is 2.77 bits per heavy atom. The van der Waals surface area contributed by atoms with E-state index in [1.165, 1.54) is 12.8 Å². The number of nitrogens with zero attached hydrogens (tertiary/aromatic N) is 2. The van der Waals surface area contributed by atoms with Crippen LogP contribution < -0.4 is 10.6 Å². The fraction of sp³-hybridized carbons (Fsp3) is 0.750. The minimum atomic E-state index is -0.0376. The van der Waals surface area contributed by atoms with Crippen molar-refractivity contribution in [3.05, 3.63) is 17.5 Å². The van der Waals surface area contributed by atoms with Crippen molar-refractivity contribution in [1.82, 2.24) is 20.4 Å². The smallest absolute Gasteiger partial charge is 0.269 e. The van der Waals surface area contributed by atoms with Crippen molar-refractivity contribution in [1.29, 1.82) is 0 Å². The van der Waals surface area contributed by atoms with Crippen molar-refractivity contribution in [2.75, 3.05) is 19.6 Å². The van der Waals surface area contributed by atoms with E-state index in [9.17, 15) is 4.79 Å². The van der Waals surface area contributed by atoms with Crippen LogP contribution >= 0.6 is 12.4 Å². The summed E-state index contributed by atoms with van der Waals surface area (Å²) in [5.41, 5.74) is 1.55. The van der Waals surface area contributed by atoms with Crippen molar-refractivity contribution in [2.24, 2.45) is 13.0 Å². The van der Waals surface area contributed by atoms with Crippen LogP contribution in [0.3, 0.4) is 0 Å². The largest absolute Gasteiger partial charge is 0.351 e. The van der Waals surface area contributed by atoms with E-state index in [0.29, 0.717) is 11.6 Å². The number of carbonyl (C=O) groups is 1. The Kier molecular flexibility index (Phi) is 6.88. The lowest BCUT2D eigenvalue weighted by atomic mass is 9.92. The first-order chi connectivity index (χ1) is 9.88. The van der Waals surface area contributed by atoms with Gasteiger partial charge in [-0.3, -0.25) is 9.48 Å². The quantitative estimate of drug-likeness (QED) is 0.891. The van der Waals surface area contributed by atoms with Crippen molar-refractivity contribution in [3.63, 3.8) is 0 Å². The van der Waals surface area contributed by atoms with Crippen LogP contribution in [0, 0.1) is 5.92 Å². The molecular weight excluding hydrogens is 300 g/mol. The maximum absolute atomic E-state index is 12.3. The SMILES string of the molecule is Cl.Cn1nc(C(C)(C)C)cc1C(=O)NCCC1CCCNC1. The monoisotopic (exact) mass is 328 g/mol. The van der Waals surface area contributed by atoms with Crippen LogP contribution in [-0.4, -0.2) is 35.3 Å². The predicted octanol–water partition coefficient (Wildman–Crippen LogP) is 2.26. The average molecular weight is 329 g/mol. The third-order valence-electron chi connectivity index (χ3n) is 4.12. The van der Waals surface area contributed by atoms with Gasteiger partial charge >= 0.3 is 0 Å². The van der Waals surface area contributed by atoms with Crippen molar-refractivity contribution in [2.45, 2.75) is 45.4 Å². The molecule has 0 spiro atoms. The summed E-state index contributed by atoms with van der Waals surface area (Å²) in [6.45, 7) is 9.26. The van der Waals surface area contributed by atoms with Crippen LogP contribution in [0.4, 0.5) is 0 Å². The Morgan fingerprint density at radius 1 is 1.50 bits per heavy atom. The molecule has 5 nitrogen and oxygen atoms in total. The van der Waals surface area contributed by atoms with E-state index in [1.807, 2.05) is 13.1 Å². The molecule has 2 rings (SSSR count). The van der Waals surface area contributed by atoms with Crippen LogP contribution in [-0.2, 0) is 12.5 Å². The van der Waals surface area contributed by atoms with E-state index in [0.717, 1.165) is 31.7 Å². The molecule has 1 unspecified atom stereocenters. The van der Waals surface area contributed by atoms with E-state index in [2.05, 4.69) is 36.5 Å². The molecule has 1 aromatic rings. The lowest BCUT2D eigenvalue weighted by Gasteiger charge is -2.22. The van der Waals surface area contributed by atoms with Gasteiger partial charge in [-0.15, -0.1) is 12.4 Å². The van der Waals surface area contributed by atoms with Crippen molar-refractivity contribution >= 4 is 18.3 Å². The Morgan fingerprint density at radius 2 is 2.23 bits per heavy atom. The zero-order valence-electron chi connectivity index (χ0n) is 14.1. The number of aromatic nitrogens is 2.